The minimum Gasteiger partial charge on any atom is -0.477 e. The van der Waals surface area contributed by atoms with E-state index in [1.807, 2.05) is 22.1 Å². The molecule has 6 nitrogen and oxygen atoms in total. The van der Waals surface area contributed by atoms with E-state index in [1.54, 1.807) is 11.3 Å². The number of thiophene rings is 1. The van der Waals surface area contributed by atoms with Gasteiger partial charge in [-0.05, 0) is 46.3 Å². The highest BCUT2D eigenvalue weighted by Crippen LogP contribution is 2.36. The highest BCUT2D eigenvalue weighted by Gasteiger charge is 2.20. The van der Waals surface area contributed by atoms with Crippen molar-refractivity contribution in [2.75, 3.05) is 0 Å². The van der Waals surface area contributed by atoms with Crippen LogP contribution in [0.1, 0.15) is 36.0 Å². The van der Waals surface area contributed by atoms with Crippen molar-refractivity contribution < 1.29 is 9.90 Å². The summed E-state index contributed by atoms with van der Waals surface area (Å²) in [6.45, 7) is 6.55. The molecular weight excluding hydrogens is 424 g/mol. The molecule has 0 fully saturated rings. The lowest BCUT2D eigenvalue weighted by Crippen LogP contribution is -2.11. The Morgan fingerprint density at radius 2 is 1.90 bits per heavy atom. The summed E-state index contributed by atoms with van der Waals surface area (Å²) in [5.41, 5.74) is 2.25. The third kappa shape index (κ3) is 4.12. The Balaban J connectivity index is 1.77. The Bertz CT molecular complexity index is 1140. The Hall–Kier alpha value is -2.49. The zero-order chi connectivity index (χ0) is 20.6. The average Bonchev–Trinajstić information content (AvgIpc) is 3.42. The van der Waals surface area contributed by atoms with Crippen LogP contribution in [0.15, 0.2) is 57.5 Å². The molecule has 148 valence electrons. The molecule has 4 aromatic rings. The summed E-state index contributed by atoms with van der Waals surface area (Å²) in [6.07, 6.45) is 1.37. The number of carboxylic acid groups (broad SMARTS) is 1. The summed E-state index contributed by atoms with van der Waals surface area (Å²) in [5.74, 6) is -0.228. The van der Waals surface area contributed by atoms with E-state index in [4.69, 9.17) is 5.11 Å². The number of rotatable bonds is 5. The fraction of sp³-hybridized carbons (Fsp3) is 0.200. The van der Waals surface area contributed by atoms with Gasteiger partial charge >= 0.3 is 5.97 Å². The molecule has 0 aliphatic rings. The van der Waals surface area contributed by atoms with Gasteiger partial charge in [0.1, 0.15) is 4.88 Å². The lowest BCUT2D eigenvalue weighted by Gasteiger charge is -2.19. The minimum atomic E-state index is -0.979. The predicted octanol–water partition coefficient (Wildman–Crippen LogP) is 5.60. The van der Waals surface area contributed by atoms with Gasteiger partial charge in [-0.2, -0.15) is 0 Å². The SMILES string of the molecule is CC(C)(C)c1ccc(-n2c(Sc3ncc(C(=O)O)s3)nnc2-c2cccs2)cc1. The first kappa shape index (κ1) is 19.8. The lowest BCUT2D eigenvalue weighted by atomic mass is 9.87. The number of hydrogen-bond donors (Lipinski definition) is 1. The molecule has 0 unspecified atom stereocenters. The summed E-state index contributed by atoms with van der Waals surface area (Å²) < 4.78 is 2.60. The molecule has 0 radical (unpaired) electrons. The maximum absolute atomic E-state index is 11.2. The van der Waals surface area contributed by atoms with Crippen LogP contribution in [0.2, 0.25) is 0 Å². The molecule has 0 spiro atoms. The molecule has 29 heavy (non-hydrogen) atoms. The van der Waals surface area contributed by atoms with E-state index in [2.05, 4.69) is 60.2 Å². The zero-order valence-corrected chi connectivity index (χ0v) is 18.4. The van der Waals surface area contributed by atoms with E-state index in [0.29, 0.717) is 9.50 Å². The van der Waals surface area contributed by atoms with E-state index in [0.717, 1.165) is 27.7 Å². The smallest absolute Gasteiger partial charge is 0.347 e. The third-order valence-corrected chi connectivity index (χ3v) is 7.11. The fourth-order valence-corrected chi connectivity index (χ4v) is 5.20. The normalized spacial score (nSPS) is 11.7. The number of nitrogens with zero attached hydrogens (tertiary/aromatic N) is 4. The second-order valence-electron chi connectivity index (χ2n) is 7.31. The molecule has 1 N–H and O–H groups in total. The van der Waals surface area contributed by atoms with E-state index < -0.39 is 5.97 Å². The van der Waals surface area contributed by atoms with Gasteiger partial charge in [-0.3, -0.25) is 4.57 Å². The van der Waals surface area contributed by atoms with Crippen molar-refractivity contribution in [3.63, 3.8) is 0 Å². The molecular formula is C20H18N4O2S3. The van der Waals surface area contributed by atoms with Crippen molar-refractivity contribution >= 4 is 40.4 Å². The summed E-state index contributed by atoms with van der Waals surface area (Å²) >= 11 is 4.04. The van der Waals surface area contributed by atoms with Gasteiger partial charge in [0.15, 0.2) is 10.2 Å². The lowest BCUT2D eigenvalue weighted by molar-refractivity contribution is 0.0702. The Morgan fingerprint density at radius 1 is 1.14 bits per heavy atom. The van der Waals surface area contributed by atoms with Crippen LogP contribution < -0.4 is 0 Å². The number of benzene rings is 1. The van der Waals surface area contributed by atoms with Crippen LogP contribution in [0.4, 0.5) is 0 Å². The van der Waals surface area contributed by atoms with E-state index in [1.165, 1.54) is 23.5 Å². The molecule has 0 saturated heterocycles. The molecule has 0 bridgehead atoms. The Kier molecular flexibility index (Phi) is 5.28. The predicted molar refractivity (Wildman–Crippen MR) is 117 cm³/mol. The fourth-order valence-electron chi connectivity index (χ4n) is 2.73. The topological polar surface area (TPSA) is 80.9 Å². The van der Waals surface area contributed by atoms with Crippen molar-refractivity contribution in [2.45, 2.75) is 35.7 Å². The standard InChI is InChI=1S/C20H18N4O2S3/c1-20(2,3)12-6-8-13(9-7-12)24-16(14-5-4-10-27-14)22-23-18(24)29-19-21-11-15(28-19)17(25)26/h4-11H,1-3H3,(H,25,26). The van der Waals surface area contributed by atoms with E-state index in [-0.39, 0.29) is 10.3 Å². The zero-order valence-electron chi connectivity index (χ0n) is 16.0. The van der Waals surface area contributed by atoms with Crippen molar-refractivity contribution in [1.29, 1.82) is 0 Å². The van der Waals surface area contributed by atoms with Crippen LogP contribution in [0, 0.1) is 0 Å². The molecule has 0 aliphatic heterocycles. The minimum absolute atomic E-state index is 0.0635. The number of carbonyl (C=O) groups is 1. The number of carboxylic acids is 1. The van der Waals surface area contributed by atoms with Crippen molar-refractivity contribution in [3.8, 4) is 16.4 Å². The number of aromatic nitrogens is 4. The molecule has 4 rings (SSSR count). The average molecular weight is 443 g/mol. The van der Waals surface area contributed by atoms with Gasteiger partial charge < -0.3 is 5.11 Å². The van der Waals surface area contributed by atoms with Crippen LogP contribution in [0.3, 0.4) is 0 Å². The van der Waals surface area contributed by atoms with E-state index in [9.17, 15) is 4.79 Å². The largest absolute Gasteiger partial charge is 0.477 e. The molecule has 1 aromatic carbocycles. The monoisotopic (exact) mass is 442 g/mol. The maximum atomic E-state index is 11.2. The summed E-state index contributed by atoms with van der Waals surface area (Å²) in [5, 5.41) is 20.6. The van der Waals surface area contributed by atoms with Crippen LogP contribution >= 0.6 is 34.4 Å². The second-order valence-corrected chi connectivity index (χ2v) is 10.5. The molecule has 3 heterocycles. The Morgan fingerprint density at radius 3 is 2.48 bits per heavy atom. The first-order valence-corrected chi connectivity index (χ1v) is 11.3. The highest BCUT2D eigenvalue weighted by molar-refractivity contribution is 8.00. The van der Waals surface area contributed by atoms with Gasteiger partial charge in [-0.25, -0.2) is 9.78 Å². The van der Waals surface area contributed by atoms with Crippen LogP contribution in [0.5, 0.6) is 0 Å². The maximum Gasteiger partial charge on any atom is 0.347 e. The third-order valence-electron chi connectivity index (χ3n) is 4.24. The Labute approximate surface area is 180 Å². The first-order valence-electron chi connectivity index (χ1n) is 8.80. The molecule has 0 amide bonds. The summed E-state index contributed by atoms with van der Waals surface area (Å²) in [7, 11) is 0. The van der Waals surface area contributed by atoms with Gasteiger partial charge in [0, 0.05) is 5.69 Å². The van der Waals surface area contributed by atoms with Gasteiger partial charge in [-0.15, -0.1) is 32.9 Å². The highest BCUT2D eigenvalue weighted by atomic mass is 32.2. The van der Waals surface area contributed by atoms with Crippen LogP contribution in [-0.4, -0.2) is 30.8 Å². The van der Waals surface area contributed by atoms with Crippen LogP contribution in [-0.2, 0) is 5.41 Å². The second kappa shape index (κ2) is 7.74. The van der Waals surface area contributed by atoms with Gasteiger partial charge in [-0.1, -0.05) is 39.0 Å². The van der Waals surface area contributed by atoms with Gasteiger partial charge in [0.2, 0.25) is 5.16 Å². The molecule has 0 saturated carbocycles. The number of aromatic carboxylic acids is 1. The van der Waals surface area contributed by atoms with Gasteiger partial charge in [0.05, 0.1) is 11.1 Å². The van der Waals surface area contributed by atoms with Gasteiger partial charge in [0.25, 0.3) is 0 Å². The van der Waals surface area contributed by atoms with Crippen molar-refractivity contribution in [1.82, 2.24) is 19.7 Å². The van der Waals surface area contributed by atoms with E-state index >= 15 is 0 Å². The number of thiazole rings is 1. The first-order chi connectivity index (χ1) is 13.8. The molecule has 9 heteroatoms. The van der Waals surface area contributed by atoms with Crippen molar-refractivity contribution in [3.05, 3.63) is 58.4 Å². The number of hydrogen-bond acceptors (Lipinski definition) is 7. The molecule has 0 aliphatic carbocycles. The summed E-state index contributed by atoms with van der Waals surface area (Å²) in [4.78, 5) is 16.6. The van der Waals surface area contributed by atoms with Crippen molar-refractivity contribution in [2.24, 2.45) is 0 Å². The van der Waals surface area contributed by atoms with Crippen LogP contribution in [0.25, 0.3) is 16.4 Å². The molecule has 3 aromatic heterocycles. The summed E-state index contributed by atoms with van der Waals surface area (Å²) in [6, 6.07) is 12.4. The quantitative estimate of drug-likeness (QED) is 0.433. The molecule has 0 atom stereocenters.